The smallest absolute Gasteiger partial charge is 0.221 e. The number of piperazine rings is 1. The number of hydrogen-bond donors (Lipinski definition) is 4. The van der Waals surface area contributed by atoms with Crippen molar-refractivity contribution in [1.29, 1.82) is 0 Å². The molecule has 0 radical (unpaired) electrons. The van der Waals surface area contributed by atoms with Gasteiger partial charge in [-0.1, -0.05) is 0 Å². The van der Waals surface area contributed by atoms with Crippen LogP contribution in [0.2, 0.25) is 0 Å². The third kappa shape index (κ3) is 2.86. The molecule has 0 spiro atoms. The Bertz CT molecular complexity index is 1070. The lowest BCUT2D eigenvalue weighted by molar-refractivity contribution is -0.0279. The van der Waals surface area contributed by atoms with E-state index in [1.54, 1.807) is 6.20 Å². The number of nitrogens with two attached hydrogens (primary N) is 1. The molecule has 5 rings (SSSR count). The lowest BCUT2D eigenvalue weighted by Gasteiger charge is -2.40. The molecule has 1 saturated heterocycles. The maximum absolute atomic E-state index is 5.69. The molecule has 1 unspecified atom stereocenters. The SMILES string of the molecule is CC1CN(N2C=CC=C(c3cc4c(cn3)[nH]c3nc(N)ncc34)N2)CCN1. The Kier molecular flexibility index (Phi) is 3.69. The number of hydrazine groups is 2. The number of hydrogen-bond acceptors (Lipinski definition) is 8. The quantitative estimate of drug-likeness (QED) is 0.533. The summed E-state index contributed by atoms with van der Waals surface area (Å²) in [4.78, 5) is 16.2. The van der Waals surface area contributed by atoms with Crippen LogP contribution in [0.5, 0.6) is 0 Å². The number of nitrogen functional groups attached to an aromatic ring is 1. The monoisotopic (exact) mass is 363 g/mol. The van der Waals surface area contributed by atoms with Crippen molar-refractivity contribution >= 4 is 33.6 Å². The van der Waals surface area contributed by atoms with Crippen LogP contribution in [0.3, 0.4) is 0 Å². The largest absolute Gasteiger partial charge is 0.368 e. The molecule has 5 N–H and O–H groups in total. The Morgan fingerprint density at radius 1 is 1.22 bits per heavy atom. The molecule has 138 valence electrons. The van der Waals surface area contributed by atoms with Crippen LogP contribution in [0.15, 0.2) is 36.8 Å². The molecular weight excluding hydrogens is 342 g/mol. The second-order valence-corrected chi connectivity index (χ2v) is 6.88. The van der Waals surface area contributed by atoms with Crippen LogP contribution in [0.4, 0.5) is 5.95 Å². The van der Waals surface area contributed by atoms with E-state index >= 15 is 0 Å². The average Bonchev–Trinajstić information content (AvgIpc) is 3.04. The van der Waals surface area contributed by atoms with E-state index < -0.39 is 0 Å². The van der Waals surface area contributed by atoms with Gasteiger partial charge in [0, 0.05) is 48.8 Å². The van der Waals surface area contributed by atoms with Crippen molar-refractivity contribution in [2.45, 2.75) is 13.0 Å². The first-order valence-corrected chi connectivity index (χ1v) is 9.00. The molecule has 3 aromatic rings. The minimum atomic E-state index is 0.255. The molecule has 2 aliphatic rings. The number of H-pyrrole nitrogens is 1. The molecular formula is C18H21N9. The van der Waals surface area contributed by atoms with E-state index in [9.17, 15) is 0 Å². The maximum Gasteiger partial charge on any atom is 0.221 e. The van der Waals surface area contributed by atoms with Gasteiger partial charge in [-0.25, -0.2) is 10.1 Å². The lowest BCUT2D eigenvalue weighted by atomic mass is 10.2. The van der Waals surface area contributed by atoms with E-state index in [0.29, 0.717) is 6.04 Å². The summed E-state index contributed by atoms with van der Waals surface area (Å²) >= 11 is 0. The van der Waals surface area contributed by atoms with Gasteiger partial charge in [-0.05, 0) is 25.1 Å². The predicted molar refractivity (Wildman–Crippen MR) is 105 cm³/mol. The van der Waals surface area contributed by atoms with Crippen LogP contribution < -0.4 is 16.5 Å². The normalized spacial score (nSPS) is 20.9. The number of aromatic amines is 1. The van der Waals surface area contributed by atoms with Gasteiger partial charge in [-0.2, -0.15) is 9.99 Å². The van der Waals surface area contributed by atoms with Gasteiger partial charge >= 0.3 is 0 Å². The number of anilines is 1. The van der Waals surface area contributed by atoms with Gasteiger partial charge in [0.1, 0.15) is 5.65 Å². The van der Waals surface area contributed by atoms with Crippen molar-refractivity contribution in [3.05, 3.63) is 42.5 Å². The van der Waals surface area contributed by atoms with Crippen LogP contribution in [0.1, 0.15) is 12.6 Å². The lowest BCUT2D eigenvalue weighted by Crippen LogP contribution is -2.57. The van der Waals surface area contributed by atoms with Gasteiger partial charge in [-0.3, -0.25) is 10.4 Å². The highest BCUT2D eigenvalue weighted by atomic mass is 15.8. The summed E-state index contributed by atoms with van der Waals surface area (Å²) in [5.74, 6) is 0.255. The third-order valence-electron chi connectivity index (χ3n) is 4.91. The summed E-state index contributed by atoms with van der Waals surface area (Å²) < 4.78 is 0. The van der Waals surface area contributed by atoms with E-state index in [1.807, 2.05) is 35.7 Å². The van der Waals surface area contributed by atoms with Gasteiger partial charge in [-0.15, -0.1) is 0 Å². The zero-order valence-electron chi connectivity index (χ0n) is 15.0. The molecule has 9 nitrogen and oxygen atoms in total. The Morgan fingerprint density at radius 3 is 3.04 bits per heavy atom. The van der Waals surface area contributed by atoms with Crippen LogP contribution in [0, 0.1) is 0 Å². The Balaban J connectivity index is 1.47. The van der Waals surface area contributed by atoms with Gasteiger partial charge < -0.3 is 16.0 Å². The van der Waals surface area contributed by atoms with E-state index in [0.717, 1.165) is 53.0 Å². The summed E-state index contributed by atoms with van der Waals surface area (Å²) in [6, 6.07) is 2.50. The van der Waals surface area contributed by atoms with Crippen LogP contribution in [0.25, 0.3) is 27.6 Å². The first-order valence-electron chi connectivity index (χ1n) is 9.00. The summed E-state index contributed by atoms with van der Waals surface area (Å²) in [5.41, 5.74) is 12.6. The molecule has 1 atom stereocenters. The molecule has 1 fully saturated rings. The number of aromatic nitrogens is 4. The third-order valence-corrected chi connectivity index (χ3v) is 4.91. The minimum Gasteiger partial charge on any atom is -0.368 e. The summed E-state index contributed by atoms with van der Waals surface area (Å²) in [6.07, 6.45) is 9.66. The minimum absolute atomic E-state index is 0.255. The van der Waals surface area contributed by atoms with Crippen molar-refractivity contribution in [2.75, 3.05) is 25.4 Å². The van der Waals surface area contributed by atoms with Crippen molar-refractivity contribution in [2.24, 2.45) is 0 Å². The Labute approximate surface area is 155 Å². The topological polar surface area (TPSA) is 111 Å². The van der Waals surface area contributed by atoms with E-state index in [-0.39, 0.29) is 5.95 Å². The molecule has 0 amide bonds. The first-order chi connectivity index (χ1) is 13.2. The summed E-state index contributed by atoms with van der Waals surface area (Å²) in [5, 5.41) is 9.74. The molecule has 0 aliphatic carbocycles. The highest BCUT2D eigenvalue weighted by Crippen LogP contribution is 2.26. The number of nitrogens with zero attached hydrogens (tertiary/aromatic N) is 5. The number of pyridine rings is 1. The van der Waals surface area contributed by atoms with Crippen molar-refractivity contribution in [3.8, 4) is 0 Å². The number of fused-ring (bicyclic) bond motifs is 3. The molecule has 0 bridgehead atoms. The maximum atomic E-state index is 5.69. The van der Waals surface area contributed by atoms with E-state index in [1.165, 1.54) is 0 Å². The Morgan fingerprint density at radius 2 is 2.15 bits per heavy atom. The molecule has 3 aromatic heterocycles. The molecule has 9 heteroatoms. The van der Waals surface area contributed by atoms with Crippen molar-refractivity contribution in [3.63, 3.8) is 0 Å². The van der Waals surface area contributed by atoms with Gasteiger partial charge in [0.25, 0.3) is 0 Å². The van der Waals surface area contributed by atoms with Gasteiger partial charge in [0.05, 0.1) is 23.1 Å². The Hall–Kier alpha value is -3.17. The van der Waals surface area contributed by atoms with Crippen LogP contribution >= 0.6 is 0 Å². The van der Waals surface area contributed by atoms with E-state index in [4.69, 9.17) is 5.73 Å². The van der Waals surface area contributed by atoms with Gasteiger partial charge in [0.2, 0.25) is 5.95 Å². The predicted octanol–water partition coefficient (Wildman–Crippen LogP) is 0.972. The summed E-state index contributed by atoms with van der Waals surface area (Å²) in [7, 11) is 0. The standard InChI is InChI=1S/C18H21N9/c1-11-10-26(6-4-20-11)27-5-2-3-14(25-27)15-7-12-13-8-22-18(19)24-17(13)23-16(12)9-21-15/h2-3,5,7-9,11,20,25H,4,6,10H2,1H3,(H3,19,22,23,24). The zero-order valence-corrected chi connectivity index (χ0v) is 15.0. The highest BCUT2D eigenvalue weighted by Gasteiger charge is 2.22. The van der Waals surface area contributed by atoms with Crippen molar-refractivity contribution in [1.82, 2.24) is 40.8 Å². The van der Waals surface area contributed by atoms with Crippen LogP contribution in [-0.2, 0) is 0 Å². The van der Waals surface area contributed by atoms with Crippen LogP contribution in [-0.4, -0.2) is 55.7 Å². The first kappa shape index (κ1) is 16.0. The highest BCUT2D eigenvalue weighted by molar-refractivity contribution is 6.06. The number of nitrogens with one attached hydrogen (secondary N) is 3. The average molecular weight is 363 g/mol. The van der Waals surface area contributed by atoms with Gasteiger partial charge in [0.15, 0.2) is 0 Å². The second-order valence-electron chi connectivity index (χ2n) is 6.88. The fourth-order valence-corrected chi connectivity index (χ4v) is 3.57. The molecule has 0 aromatic carbocycles. The fourth-order valence-electron chi connectivity index (χ4n) is 3.57. The molecule has 27 heavy (non-hydrogen) atoms. The second kappa shape index (κ2) is 6.22. The zero-order chi connectivity index (χ0) is 18.4. The molecule has 2 aliphatic heterocycles. The molecule has 0 saturated carbocycles. The van der Waals surface area contributed by atoms with E-state index in [2.05, 4.69) is 42.6 Å². The molecule has 5 heterocycles. The van der Waals surface area contributed by atoms with Crippen molar-refractivity contribution < 1.29 is 0 Å². The number of rotatable bonds is 2. The fraction of sp³-hybridized carbons (Fsp3) is 0.278. The summed E-state index contributed by atoms with van der Waals surface area (Å²) in [6.45, 7) is 5.05. The number of allylic oxidation sites excluding steroid dienone is 2.